The van der Waals surface area contributed by atoms with Crippen molar-refractivity contribution >= 4 is 5.91 Å². The molecule has 19 heavy (non-hydrogen) atoms. The molecule has 2 rings (SSSR count). The minimum absolute atomic E-state index is 0.0235. The van der Waals surface area contributed by atoms with Gasteiger partial charge in [0.1, 0.15) is 5.75 Å². The van der Waals surface area contributed by atoms with Crippen LogP contribution in [0.5, 0.6) is 5.75 Å². The summed E-state index contributed by atoms with van der Waals surface area (Å²) in [6, 6.07) is 5.47. The Balaban J connectivity index is 1.83. The SMILES string of the molecule is COc1ccc(C(=O)NCC[C@H]2CCOC2)cc1C. The molecular formula is C15H21NO3. The highest BCUT2D eigenvalue weighted by Gasteiger charge is 2.15. The lowest BCUT2D eigenvalue weighted by Crippen LogP contribution is -2.26. The van der Waals surface area contributed by atoms with Crippen LogP contribution in [0.4, 0.5) is 0 Å². The fraction of sp³-hybridized carbons (Fsp3) is 0.533. The van der Waals surface area contributed by atoms with Crippen molar-refractivity contribution in [1.29, 1.82) is 0 Å². The summed E-state index contributed by atoms with van der Waals surface area (Å²) < 4.78 is 10.5. The first-order valence-electron chi connectivity index (χ1n) is 6.71. The van der Waals surface area contributed by atoms with Crippen LogP contribution in [0.3, 0.4) is 0 Å². The molecule has 1 saturated heterocycles. The Kier molecular flexibility index (Phi) is 4.80. The fourth-order valence-corrected chi connectivity index (χ4v) is 2.32. The van der Waals surface area contributed by atoms with E-state index < -0.39 is 0 Å². The minimum Gasteiger partial charge on any atom is -0.496 e. The molecule has 0 unspecified atom stereocenters. The van der Waals surface area contributed by atoms with Gasteiger partial charge in [-0.25, -0.2) is 0 Å². The number of carbonyl (C=O) groups excluding carboxylic acids is 1. The van der Waals surface area contributed by atoms with Crippen LogP contribution < -0.4 is 10.1 Å². The lowest BCUT2D eigenvalue weighted by atomic mass is 10.1. The number of hydrogen-bond acceptors (Lipinski definition) is 3. The van der Waals surface area contributed by atoms with Gasteiger partial charge >= 0.3 is 0 Å². The Hall–Kier alpha value is -1.55. The third-order valence-corrected chi connectivity index (χ3v) is 3.52. The zero-order chi connectivity index (χ0) is 13.7. The average molecular weight is 263 g/mol. The van der Waals surface area contributed by atoms with Gasteiger partial charge in [-0.15, -0.1) is 0 Å². The van der Waals surface area contributed by atoms with E-state index in [9.17, 15) is 4.79 Å². The zero-order valence-corrected chi connectivity index (χ0v) is 11.6. The minimum atomic E-state index is -0.0235. The maximum atomic E-state index is 12.0. The quantitative estimate of drug-likeness (QED) is 0.885. The largest absolute Gasteiger partial charge is 0.496 e. The van der Waals surface area contributed by atoms with E-state index in [1.807, 2.05) is 19.1 Å². The monoisotopic (exact) mass is 263 g/mol. The maximum absolute atomic E-state index is 12.0. The van der Waals surface area contributed by atoms with E-state index in [2.05, 4.69) is 5.32 Å². The summed E-state index contributed by atoms with van der Waals surface area (Å²) in [7, 11) is 1.63. The molecule has 0 aromatic heterocycles. The number of hydrogen-bond donors (Lipinski definition) is 1. The molecule has 1 aromatic rings. The van der Waals surface area contributed by atoms with Crippen LogP contribution in [0.2, 0.25) is 0 Å². The van der Waals surface area contributed by atoms with Crippen molar-refractivity contribution in [2.75, 3.05) is 26.9 Å². The summed E-state index contributed by atoms with van der Waals surface area (Å²) in [4.78, 5) is 12.0. The van der Waals surface area contributed by atoms with Crippen LogP contribution in [0.25, 0.3) is 0 Å². The molecule has 0 radical (unpaired) electrons. The molecule has 0 spiro atoms. The number of ether oxygens (including phenoxy) is 2. The van der Waals surface area contributed by atoms with Crippen molar-refractivity contribution in [3.63, 3.8) is 0 Å². The van der Waals surface area contributed by atoms with Crippen molar-refractivity contribution < 1.29 is 14.3 Å². The summed E-state index contributed by atoms with van der Waals surface area (Å²) in [5.41, 5.74) is 1.65. The van der Waals surface area contributed by atoms with Gasteiger partial charge < -0.3 is 14.8 Å². The van der Waals surface area contributed by atoms with Crippen LogP contribution in [-0.2, 0) is 4.74 Å². The second-order valence-corrected chi connectivity index (χ2v) is 4.96. The van der Waals surface area contributed by atoms with Gasteiger partial charge in [-0.1, -0.05) is 0 Å². The van der Waals surface area contributed by atoms with E-state index in [1.165, 1.54) is 0 Å². The van der Waals surface area contributed by atoms with E-state index in [1.54, 1.807) is 13.2 Å². The lowest BCUT2D eigenvalue weighted by Gasteiger charge is -2.10. The summed E-state index contributed by atoms with van der Waals surface area (Å²) >= 11 is 0. The molecule has 1 aromatic carbocycles. The highest BCUT2D eigenvalue weighted by atomic mass is 16.5. The van der Waals surface area contributed by atoms with Gasteiger partial charge in [0.05, 0.1) is 7.11 Å². The Labute approximate surface area is 114 Å². The second kappa shape index (κ2) is 6.57. The molecule has 0 bridgehead atoms. The normalized spacial score (nSPS) is 18.3. The standard InChI is InChI=1S/C15H21NO3/c1-11-9-13(3-4-14(11)18-2)15(17)16-7-5-12-6-8-19-10-12/h3-4,9,12H,5-8,10H2,1-2H3,(H,16,17)/t12-/m0/s1. The summed E-state index contributed by atoms with van der Waals surface area (Å²) in [6.07, 6.45) is 2.10. The maximum Gasteiger partial charge on any atom is 0.251 e. The third-order valence-electron chi connectivity index (χ3n) is 3.52. The average Bonchev–Trinajstić information content (AvgIpc) is 2.91. The van der Waals surface area contributed by atoms with Crippen LogP contribution in [0.1, 0.15) is 28.8 Å². The first-order valence-corrected chi connectivity index (χ1v) is 6.71. The lowest BCUT2D eigenvalue weighted by molar-refractivity contribution is 0.0950. The summed E-state index contributed by atoms with van der Waals surface area (Å²) in [5.74, 6) is 1.38. The van der Waals surface area contributed by atoms with Crippen LogP contribution in [0, 0.1) is 12.8 Å². The number of nitrogens with one attached hydrogen (secondary N) is 1. The predicted octanol–water partition coefficient (Wildman–Crippen LogP) is 2.16. The molecule has 1 atom stereocenters. The summed E-state index contributed by atoms with van der Waals surface area (Å²) in [5, 5.41) is 2.96. The Morgan fingerprint density at radius 2 is 2.37 bits per heavy atom. The number of methoxy groups -OCH3 is 1. The van der Waals surface area contributed by atoms with E-state index >= 15 is 0 Å². The van der Waals surface area contributed by atoms with E-state index in [0.717, 1.165) is 37.4 Å². The van der Waals surface area contributed by atoms with Crippen molar-refractivity contribution in [1.82, 2.24) is 5.32 Å². The number of aryl methyl sites for hydroxylation is 1. The van der Waals surface area contributed by atoms with Crippen molar-refractivity contribution in [2.24, 2.45) is 5.92 Å². The van der Waals surface area contributed by atoms with Gasteiger partial charge in [-0.2, -0.15) is 0 Å². The van der Waals surface area contributed by atoms with E-state index in [-0.39, 0.29) is 5.91 Å². The van der Waals surface area contributed by atoms with Gasteiger partial charge in [0.2, 0.25) is 0 Å². The number of amides is 1. The Morgan fingerprint density at radius 1 is 1.53 bits per heavy atom. The summed E-state index contributed by atoms with van der Waals surface area (Å²) in [6.45, 7) is 4.33. The van der Waals surface area contributed by atoms with Gasteiger partial charge in [0.15, 0.2) is 0 Å². The van der Waals surface area contributed by atoms with Crippen molar-refractivity contribution in [3.05, 3.63) is 29.3 Å². The smallest absolute Gasteiger partial charge is 0.251 e. The topological polar surface area (TPSA) is 47.6 Å². The van der Waals surface area contributed by atoms with Crippen LogP contribution in [0.15, 0.2) is 18.2 Å². The van der Waals surface area contributed by atoms with Gasteiger partial charge in [0.25, 0.3) is 5.91 Å². The van der Waals surface area contributed by atoms with Crippen molar-refractivity contribution in [2.45, 2.75) is 19.8 Å². The van der Waals surface area contributed by atoms with Crippen LogP contribution in [-0.4, -0.2) is 32.8 Å². The molecule has 1 amide bonds. The van der Waals surface area contributed by atoms with E-state index in [0.29, 0.717) is 18.0 Å². The Bertz CT molecular complexity index is 439. The first-order chi connectivity index (χ1) is 9.20. The molecule has 1 aliphatic heterocycles. The molecule has 4 nitrogen and oxygen atoms in total. The molecule has 1 heterocycles. The van der Waals surface area contributed by atoms with Crippen LogP contribution >= 0.6 is 0 Å². The zero-order valence-electron chi connectivity index (χ0n) is 11.6. The first kappa shape index (κ1) is 13.9. The number of benzene rings is 1. The second-order valence-electron chi connectivity index (χ2n) is 4.96. The number of carbonyl (C=O) groups is 1. The van der Waals surface area contributed by atoms with Gasteiger partial charge in [-0.05, 0) is 49.4 Å². The molecule has 0 saturated carbocycles. The number of rotatable bonds is 5. The highest BCUT2D eigenvalue weighted by molar-refractivity contribution is 5.94. The Morgan fingerprint density at radius 3 is 3.00 bits per heavy atom. The fourth-order valence-electron chi connectivity index (χ4n) is 2.32. The molecule has 1 aliphatic rings. The highest BCUT2D eigenvalue weighted by Crippen LogP contribution is 2.18. The molecule has 104 valence electrons. The molecular weight excluding hydrogens is 242 g/mol. The third kappa shape index (κ3) is 3.70. The molecule has 1 fully saturated rings. The molecule has 0 aliphatic carbocycles. The van der Waals surface area contributed by atoms with Gasteiger partial charge in [0, 0.05) is 25.3 Å². The molecule has 4 heteroatoms. The van der Waals surface area contributed by atoms with E-state index in [4.69, 9.17) is 9.47 Å². The van der Waals surface area contributed by atoms with Gasteiger partial charge in [-0.3, -0.25) is 4.79 Å². The molecule has 1 N–H and O–H groups in total. The van der Waals surface area contributed by atoms with Crippen molar-refractivity contribution in [3.8, 4) is 5.75 Å². The predicted molar refractivity (Wildman–Crippen MR) is 73.6 cm³/mol.